The molecular weight excluding hydrogens is 314 g/mol. The Bertz CT molecular complexity index is 400. The number of rotatable bonds is 13. The summed E-state index contributed by atoms with van der Waals surface area (Å²) in [6, 6.07) is 7.45. The predicted molar refractivity (Wildman–Crippen MR) is 96.2 cm³/mol. The summed E-state index contributed by atoms with van der Waals surface area (Å²) >= 11 is 1.94. The van der Waals surface area contributed by atoms with Gasteiger partial charge in [0.05, 0.1) is 18.9 Å². The van der Waals surface area contributed by atoms with Gasteiger partial charge in [-0.1, -0.05) is 13.8 Å². The zero-order chi connectivity index (χ0) is 16.9. The molecule has 2 N–H and O–H groups in total. The molecular formula is C17H29NO4S. The molecule has 0 aliphatic carbocycles. The van der Waals surface area contributed by atoms with E-state index in [2.05, 4.69) is 19.3 Å². The van der Waals surface area contributed by atoms with Gasteiger partial charge in [-0.3, -0.25) is 10.3 Å². The van der Waals surface area contributed by atoms with Crippen molar-refractivity contribution in [3.8, 4) is 5.75 Å². The third-order valence-corrected chi connectivity index (χ3v) is 4.03. The maximum Gasteiger partial charge on any atom is 0.119 e. The van der Waals surface area contributed by atoms with E-state index in [9.17, 15) is 5.11 Å². The Morgan fingerprint density at radius 2 is 1.91 bits per heavy atom. The summed E-state index contributed by atoms with van der Waals surface area (Å²) in [5.41, 5.74) is 3.80. The zero-order valence-electron chi connectivity index (χ0n) is 14.3. The summed E-state index contributed by atoms with van der Waals surface area (Å²) in [4.78, 5) is 5.42. The molecule has 0 bridgehead atoms. The fourth-order valence-corrected chi connectivity index (χ4v) is 2.45. The molecule has 0 aliphatic rings. The first kappa shape index (κ1) is 20.1. The second kappa shape index (κ2) is 12.5. The van der Waals surface area contributed by atoms with E-state index in [0.29, 0.717) is 30.8 Å². The lowest BCUT2D eigenvalue weighted by Crippen LogP contribution is -2.23. The Labute approximate surface area is 143 Å². The summed E-state index contributed by atoms with van der Waals surface area (Å²) in [7, 11) is 0. The van der Waals surface area contributed by atoms with Gasteiger partial charge >= 0.3 is 0 Å². The maximum atomic E-state index is 9.63. The summed E-state index contributed by atoms with van der Waals surface area (Å²) in [5, 5.41) is 10.3. The van der Waals surface area contributed by atoms with Crippen LogP contribution < -0.4 is 10.2 Å². The minimum absolute atomic E-state index is 0.219. The highest BCUT2D eigenvalue weighted by atomic mass is 32.2. The second-order valence-corrected chi connectivity index (χ2v) is 7.06. The number of hydrogen-bond donors (Lipinski definition) is 2. The second-order valence-electron chi connectivity index (χ2n) is 5.37. The van der Waals surface area contributed by atoms with Gasteiger partial charge in [0.15, 0.2) is 0 Å². The number of nitrogens with one attached hydrogen (secondary N) is 1. The summed E-state index contributed by atoms with van der Waals surface area (Å²) < 4.78 is 10.6. The molecule has 0 fully saturated rings. The van der Waals surface area contributed by atoms with E-state index in [1.807, 2.05) is 43.0 Å². The summed E-state index contributed by atoms with van der Waals surface area (Å²) in [6.45, 7) is 8.07. The van der Waals surface area contributed by atoms with Gasteiger partial charge in [-0.25, -0.2) is 0 Å². The van der Waals surface area contributed by atoms with Crippen molar-refractivity contribution in [2.45, 2.75) is 38.5 Å². The molecule has 1 atom stereocenters. The normalized spacial score (nSPS) is 12.4. The largest absolute Gasteiger partial charge is 0.491 e. The van der Waals surface area contributed by atoms with E-state index in [1.54, 1.807) is 0 Å². The van der Waals surface area contributed by atoms with Crippen molar-refractivity contribution in [1.29, 1.82) is 0 Å². The monoisotopic (exact) mass is 343 g/mol. The van der Waals surface area contributed by atoms with Crippen molar-refractivity contribution in [2.24, 2.45) is 0 Å². The number of aliphatic hydroxyl groups is 1. The molecule has 0 aliphatic heterocycles. The molecule has 0 saturated heterocycles. The molecule has 0 amide bonds. The van der Waals surface area contributed by atoms with Gasteiger partial charge in [-0.15, -0.1) is 0 Å². The molecule has 1 rings (SSSR count). The Kier molecular flexibility index (Phi) is 10.9. The van der Waals surface area contributed by atoms with Gasteiger partial charge in [0, 0.05) is 6.61 Å². The van der Waals surface area contributed by atoms with Gasteiger partial charge < -0.3 is 14.6 Å². The number of ether oxygens (including phenoxy) is 2. The molecule has 0 radical (unpaired) electrons. The highest BCUT2D eigenvalue weighted by Crippen LogP contribution is 2.16. The van der Waals surface area contributed by atoms with Crippen LogP contribution in [0.5, 0.6) is 5.75 Å². The highest BCUT2D eigenvalue weighted by molar-refractivity contribution is 7.99. The number of benzene rings is 1. The van der Waals surface area contributed by atoms with Crippen LogP contribution in [0.4, 0.5) is 5.69 Å². The van der Waals surface area contributed by atoms with Gasteiger partial charge in [0.1, 0.15) is 18.5 Å². The third kappa shape index (κ3) is 10.4. The van der Waals surface area contributed by atoms with Crippen molar-refractivity contribution < 1.29 is 19.4 Å². The van der Waals surface area contributed by atoms with Crippen LogP contribution in [0, 0.1) is 0 Å². The van der Waals surface area contributed by atoms with Gasteiger partial charge in [-0.05, 0) is 48.6 Å². The first-order valence-electron chi connectivity index (χ1n) is 8.10. The molecule has 0 unspecified atom stereocenters. The minimum Gasteiger partial charge on any atom is -0.491 e. The SMILES string of the molecule is CCOC[C@@H](O)COc1ccc(NOCCCSC(C)C)cc1. The maximum absolute atomic E-state index is 9.63. The van der Waals surface area contributed by atoms with Crippen LogP contribution in [-0.2, 0) is 9.57 Å². The smallest absolute Gasteiger partial charge is 0.119 e. The lowest BCUT2D eigenvalue weighted by molar-refractivity contribution is 0.0164. The van der Waals surface area contributed by atoms with Crippen molar-refractivity contribution >= 4 is 17.4 Å². The van der Waals surface area contributed by atoms with Crippen LogP contribution in [0.25, 0.3) is 0 Å². The van der Waals surface area contributed by atoms with Gasteiger partial charge in [0.25, 0.3) is 0 Å². The topological polar surface area (TPSA) is 60.0 Å². The van der Waals surface area contributed by atoms with E-state index in [-0.39, 0.29) is 6.61 Å². The van der Waals surface area contributed by atoms with E-state index in [1.165, 1.54) is 0 Å². The molecule has 0 saturated carbocycles. The molecule has 0 heterocycles. The van der Waals surface area contributed by atoms with Crippen LogP contribution in [0.15, 0.2) is 24.3 Å². The number of thioether (sulfide) groups is 1. The van der Waals surface area contributed by atoms with E-state index in [0.717, 1.165) is 17.9 Å². The summed E-state index contributed by atoms with van der Waals surface area (Å²) in [5.74, 6) is 1.82. The van der Waals surface area contributed by atoms with E-state index < -0.39 is 6.10 Å². The lowest BCUT2D eigenvalue weighted by Gasteiger charge is -2.13. The van der Waals surface area contributed by atoms with E-state index >= 15 is 0 Å². The first-order chi connectivity index (χ1) is 11.1. The van der Waals surface area contributed by atoms with Crippen LogP contribution in [-0.4, -0.2) is 48.6 Å². The molecule has 1 aromatic carbocycles. The Hall–Kier alpha value is -0.950. The lowest BCUT2D eigenvalue weighted by atomic mass is 10.3. The van der Waals surface area contributed by atoms with Crippen molar-refractivity contribution in [1.82, 2.24) is 0 Å². The molecule has 5 nitrogen and oxygen atoms in total. The summed E-state index contributed by atoms with van der Waals surface area (Å²) in [6.07, 6.45) is 0.411. The molecule has 0 aromatic heterocycles. The Balaban J connectivity index is 2.15. The standard InChI is InChI=1S/C17H29NO4S/c1-4-20-12-16(19)13-21-17-8-6-15(7-9-17)18-22-10-5-11-23-14(2)3/h6-9,14,16,18-19H,4-5,10-13H2,1-3H3/t16-/m1/s1. The average molecular weight is 343 g/mol. The molecule has 6 heteroatoms. The van der Waals surface area contributed by atoms with Crippen molar-refractivity contribution in [2.75, 3.05) is 37.7 Å². The minimum atomic E-state index is -0.611. The average Bonchev–Trinajstić information content (AvgIpc) is 2.55. The number of aliphatic hydroxyl groups excluding tert-OH is 1. The zero-order valence-corrected chi connectivity index (χ0v) is 15.1. The number of anilines is 1. The Morgan fingerprint density at radius 3 is 2.57 bits per heavy atom. The fourth-order valence-electron chi connectivity index (χ4n) is 1.70. The predicted octanol–water partition coefficient (Wildman–Crippen LogP) is 3.34. The first-order valence-corrected chi connectivity index (χ1v) is 9.14. The molecule has 1 aromatic rings. The van der Waals surface area contributed by atoms with Gasteiger partial charge in [0.2, 0.25) is 0 Å². The van der Waals surface area contributed by atoms with Crippen molar-refractivity contribution in [3.05, 3.63) is 24.3 Å². The molecule has 0 spiro atoms. The van der Waals surface area contributed by atoms with Gasteiger partial charge in [-0.2, -0.15) is 11.8 Å². The Morgan fingerprint density at radius 1 is 1.17 bits per heavy atom. The molecule has 23 heavy (non-hydrogen) atoms. The van der Waals surface area contributed by atoms with Crippen molar-refractivity contribution in [3.63, 3.8) is 0 Å². The van der Waals surface area contributed by atoms with E-state index in [4.69, 9.17) is 14.3 Å². The number of hydrogen-bond acceptors (Lipinski definition) is 6. The van der Waals surface area contributed by atoms with Crippen LogP contribution in [0.1, 0.15) is 27.2 Å². The third-order valence-electron chi connectivity index (χ3n) is 2.84. The highest BCUT2D eigenvalue weighted by Gasteiger charge is 2.05. The van der Waals surface area contributed by atoms with Crippen LogP contribution >= 0.6 is 11.8 Å². The van der Waals surface area contributed by atoms with Crippen LogP contribution in [0.3, 0.4) is 0 Å². The molecule has 132 valence electrons. The van der Waals surface area contributed by atoms with Crippen LogP contribution in [0.2, 0.25) is 0 Å². The quantitative estimate of drug-likeness (QED) is 0.423. The fraction of sp³-hybridized carbons (Fsp3) is 0.647.